The molecule has 0 saturated carbocycles. The van der Waals surface area contributed by atoms with Gasteiger partial charge in [0.2, 0.25) is 11.8 Å². The highest BCUT2D eigenvalue weighted by atomic mass is 16.5. The van der Waals surface area contributed by atoms with Crippen LogP contribution in [0.2, 0.25) is 0 Å². The van der Waals surface area contributed by atoms with Gasteiger partial charge < -0.3 is 30.0 Å². The number of anilines is 2. The molecule has 3 aromatic rings. The third-order valence-electron chi connectivity index (χ3n) is 9.10. The van der Waals surface area contributed by atoms with Crippen molar-refractivity contribution in [3.63, 3.8) is 0 Å². The van der Waals surface area contributed by atoms with E-state index in [0.29, 0.717) is 58.8 Å². The van der Waals surface area contributed by atoms with Gasteiger partial charge in [-0.1, -0.05) is 25.1 Å². The Kier molecular flexibility index (Phi) is 12.4. The molecule has 0 fully saturated rings. The highest BCUT2D eigenvalue weighted by Crippen LogP contribution is 2.41. The fourth-order valence-electron chi connectivity index (χ4n) is 6.25. The summed E-state index contributed by atoms with van der Waals surface area (Å²) in [6.07, 6.45) is 3.72. The fourth-order valence-corrected chi connectivity index (χ4v) is 6.25. The summed E-state index contributed by atoms with van der Waals surface area (Å²) in [5, 5.41) is 15.4. The SMILES string of the molecule is COC(=O)CCCCC(=O)N[C@@H](C)C(=O)C[C@@H](C)C(=O)Nc1cc(CO)cc(COc2cc3c(cc2OC)C(=O)N2c4ccccc4C[C@H]2C=N3)c1. The molecular weight excluding hydrogens is 668 g/mol. The van der Waals surface area contributed by atoms with Crippen molar-refractivity contribution in [1.82, 2.24) is 5.32 Å². The quantitative estimate of drug-likeness (QED) is 0.139. The summed E-state index contributed by atoms with van der Waals surface area (Å²) < 4.78 is 16.3. The first-order chi connectivity index (χ1) is 25.0. The second kappa shape index (κ2) is 17.1. The number of aliphatic hydroxyl groups is 1. The number of rotatable bonds is 16. The van der Waals surface area contributed by atoms with E-state index in [1.807, 2.05) is 24.3 Å². The van der Waals surface area contributed by atoms with Crippen molar-refractivity contribution in [3.05, 3.63) is 76.9 Å². The molecule has 2 aliphatic rings. The Morgan fingerprint density at radius 2 is 1.73 bits per heavy atom. The summed E-state index contributed by atoms with van der Waals surface area (Å²) >= 11 is 0. The number of benzene rings is 3. The number of esters is 1. The molecule has 3 N–H and O–H groups in total. The molecule has 0 aliphatic carbocycles. The summed E-state index contributed by atoms with van der Waals surface area (Å²) in [6, 6.07) is 15.2. The van der Waals surface area contributed by atoms with Crippen molar-refractivity contribution < 1.29 is 43.3 Å². The molecule has 13 heteroatoms. The summed E-state index contributed by atoms with van der Waals surface area (Å²) in [7, 11) is 2.80. The van der Waals surface area contributed by atoms with E-state index in [4.69, 9.17) is 9.47 Å². The summed E-state index contributed by atoms with van der Waals surface area (Å²) in [5.41, 5.74) is 4.39. The number of carbonyl (C=O) groups is 5. The predicted molar refractivity (Wildman–Crippen MR) is 194 cm³/mol. The lowest BCUT2D eigenvalue weighted by Crippen LogP contribution is -2.39. The smallest absolute Gasteiger partial charge is 0.305 e. The second-order valence-corrected chi connectivity index (χ2v) is 13.0. The first-order valence-electron chi connectivity index (χ1n) is 17.2. The number of hydrogen-bond acceptors (Lipinski definition) is 10. The number of hydrogen-bond donors (Lipinski definition) is 3. The minimum absolute atomic E-state index is 0.0413. The van der Waals surface area contributed by atoms with Crippen molar-refractivity contribution in [2.75, 3.05) is 24.4 Å². The van der Waals surface area contributed by atoms with Crippen LogP contribution in [0.3, 0.4) is 0 Å². The molecule has 0 radical (unpaired) electrons. The van der Waals surface area contributed by atoms with Crippen LogP contribution < -0.4 is 25.0 Å². The van der Waals surface area contributed by atoms with E-state index in [0.717, 1.165) is 11.3 Å². The van der Waals surface area contributed by atoms with Gasteiger partial charge >= 0.3 is 5.97 Å². The number of Topliss-reactive ketones (excluding diaryl/α,β-unsaturated/α-hetero) is 1. The maximum absolute atomic E-state index is 13.7. The van der Waals surface area contributed by atoms with E-state index in [-0.39, 0.29) is 62.1 Å². The Balaban J connectivity index is 1.19. The van der Waals surface area contributed by atoms with Gasteiger partial charge in [0, 0.05) is 55.3 Å². The first-order valence-corrected chi connectivity index (χ1v) is 17.2. The molecule has 0 spiro atoms. The first kappa shape index (κ1) is 37.7. The molecule has 52 heavy (non-hydrogen) atoms. The number of para-hydroxylation sites is 1. The Morgan fingerprint density at radius 1 is 0.981 bits per heavy atom. The zero-order valence-corrected chi connectivity index (χ0v) is 29.8. The van der Waals surface area contributed by atoms with Gasteiger partial charge in [-0.05, 0) is 66.8 Å². The predicted octanol–water partition coefficient (Wildman–Crippen LogP) is 4.83. The number of ether oxygens (including phenoxy) is 3. The lowest BCUT2D eigenvalue weighted by molar-refractivity contribution is -0.140. The van der Waals surface area contributed by atoms with Gasteiger partial charge in [-0.3, -0.25) is 33.9 Å². The maximum Gasteiger partial charge on any atom is 0.305 e. The van der Waals surface area contributed by atoms with Gasteiger partial charge in [-0.15, -0.1) is 0 Å². The Hall–Kier alpha value is -5.56. The molecule has 2 aliphatic heterocycles. The van der Waals surface area contributed by atoms with Crippen LogP contribution in [0.5, 0.6) is 11.5 Å². The van der Waals surface area contributed by atoms with Gasteiger partial charge in [-0.2, -0.15) is 0 Å². The van der Waals surface area contributed by atoms with Gasteiger partial charge in [0.25, 0.3) is 5.91 Å². The van der Waals surface area contributed by atoms with Crippen LogP contribution >= 0.6 is 0 Å². The number of unbranched alkanes of at least 4 members (excludes halogenated alkanes) is 1. The molecule has 0 bridgehead atoms. The zero-order valence-electron chi connectivity index (χ0n) is 29.8. The number of amides is 3. The number of aliphatic hydroxyl groups excluding tert-OH is 1. The summed E-state index contributed by atoms with van der Waals surface area (Å²) in [5.74, 6) is -1.53. The van der Waals surface area contributed by atoms with Crippen LogP contribution in [-0.4, -0.2) is 67.1 Å². The van der Waals surface area contributed by atoms with Crippen molar-refractivity contribution in [1.29, 1.82) is 0 Å². The van der Waals surface area contributed by atoms with Gasteiger partial charge in [0.05, 0.1) is 44.2 Å². The molecule has 0 saturated heterocycles. The molecule has 5 rings (SSSR count). The molecule has 13 nitrogen and oxygen atoms in total. The van der Waals surface area contributed by atoms with Crippen LogP contribution in [-0.2, 0) is 43.5 Å². The molecule has 274 valence electrons. The van der Waals surface area contributed by atoms with Gasteiger partial charge in [-0.25, -0.2) is 0 Å². The van der Waals surface area contributed by atoms with E-state index in [1.165, 1.54) is 14.2 Å². The van der Waals surface area contributed by atoms with Crippen molar-refractivity contribution in [2.24, 2.45) is 10.9 Å². The average Bonchev–Trinajstić information content (AvgIpc) is 3.46. The van der Waals surface area contributed by atoms with Crippen LogP contribution in [0.1, 0.15) is 73.0 Å². The summed E-state index contributed by atoms with van der Waals surface area (Å²) in [4.78, 5) is 69.5. The Labute approximate surface area is 302 Å². The molecule has 3 aromatic carbocycles. The molecule has 3 atom stereocenters. The molecule has 3 amide bonds. The van der Waals surface area contributed by atoms with Crippen LogP contribution in [0.25, 0.3) is 0 Å². The van der Waals surface area contributed by atoms with Gasteiger partial charge in [0.1, 0.15) is 6.61 Å². The lowest BCUT2D eigenvalue weighted by Gasteiger charge is -2.22. The third kappa shape index (κ3) is 9.02. The van der Waals surface area contributed by atoms with E-state index in [2.05, 4.69) is 20.4 Å². The highest BCUT2D eigenvalue weighted by Gasteiger charge is 2.36. The van der Waals surface area contributed by atoms with E-state index in [9.17, 15) is 29.1 Å². The topological polar surface area (TPSA) is 173 Å². The second-order valence-electron chi connectivity index (χ2n) is 13.0. The number of aliphatic imine (C=N–C) groups is 1. The summed E-state index contributed by atoms with van der Waals surface area (Å²) in [6.45, 7) is 2.95. The monoisotopic (exact) mass is 712 g/mol. The maximum atomic E-state index is 13.7. The van der Waals surface area contributed by atoms with Crippen LogP contribution in [0.4, 0.5) is 17.1 Å². The van der Waals surface area contributed by atoms with E-state index in [1.54, 1.807) is 55.3 Å². The zero-order chi connectivity index (χ0) is 37.4. The number of nitrogens with one attached hydrogen (secondary N) is 2. The van der Waals surface area contributed by atoms with Crippen molar-refractivity contribution in [2.45, 2.75) is 77.7 Å². The fraction of sp³-hybridized carbons (Fsp3) is 0.385. The number of fused-ring (bicyclic) bond motifs is 4. The largest absolute Gasteiger partial charge is 0.493 e. The lowest BCUT2D eigenvalue weighted by atomic mass is 9.99. The number of carbonyl (C=O) groups excluding carboxylic acids is 5. The molecular formula is C39H44N4O9. The van der Waals surface area contributed by atoms with E-state index < -0.39 is 17.9 Å². The number of ketones is 1. The number of methoxy groups -OCH3 is 2. The van der Waals surface area contributed by atoms with Crippen molar-refractivity contribution in [3.8, 4) is 11.5 Å². The minimum atomic E-state index is -0.785. The third-order valence-corrected chi connectivity index (χ3v) is 9.10. The normalized spacial score (nSPS) is 15.4. The highest BCUT2D eigenvalue weighted by molar-refractivity contribution is 6.14. The number of nitrogens with zero attached hydrogens (tertiary/aromatic N) is 2. The van der Waals surface area contributed by atoms with Crippen LogP contribution in [0.15, 0.2) is 59.6 Å². The molecule has 0 unspecified atom stereocenters. The molecule has 2 heterocycles. The van der Waals surface area contributed by atoms with Gasteiger partial charge in [0.15, 0.2) is 17.3 Å². The Morgan fingerprint density at radius 3 is 2.48 bits per heavy atom. The standard InChI is InChI=1S/C39H44N4O9/c1-23(13-33(45)24(2)41-36(46)11-7-8-12-37(47)51-4)38(48)42-28-15-25(21-44)14-26(16-28)22-52-35-19-31-30(18-34(35)50-3)39(49)43-29(20-40-31)17-27-9-5-6-10-32(27)43/h5-6,9-10,14-16,18-20,23-24,29,44H,7-8,11-13,17,21-22H2,1-4H3,(H,41,46)(H,42,48)/t23-,24+,29+/m1/s1. The molecule has 0 aromatic heterocycles. The minimum Gasteiger partial charge on any atom is -0.493 e. The Bertz CT molecular complexity index is 1870. The average molecular weight is 713 g/mol. The van der Waals surface area contributed by atoms with Crippen LogP contribution in [0, 0.1) is 5.92 Å². The van der Waals surface area contributed by atoms with Crippen molar-refractivity contribution >= 4 is 52.8 Å². The van der Waals surface area contributed by atoms with E-state index >= 15 is 0 Å².